The number of hydroxylamine groups is 1. The van der Waals surface area contributed by atoms with E-state index in [1.807, 2.05) is 36.4 Å². The first-order chi connectivity index (χ1) is 18.5. The maximum Gasteiger partial charge on any atom is 0.280 e. The molecular weight excluding hydrogens is 480 g/mol. The van der Waals surface area contributed by atoms with Crippen LogP contribution < -0.4 is 16.2 Å². The average Bonchev–Trinajstić information content (AvgIpc) is 2.94. The number of rotatable bonds is 7. The van der Waals surface area contributed by atoms with Crippen molar-refractivity contribution in [2.45, 2.75) is 32.1 Å². The number of hydrogen-bond acceptors (Lipinski definition) is 7. The first kappa shape index (κ1) is 25.6. The lowest BCUT2D eigenvalue weighted by Crippen LogP contribution is -2.29. The van der Waals surface area contributed by atoms with Gasteiger partial charge in [0.15, 0.2) is 5.65 Å². The summed E-state index contributed by atoms with van der Waals surface area (Å²) in [6.07, 6.45) is 6.14. The molecule has 0 radical (unpaired) electrons. The van der Waals surface area contributed by atoms with Crippen molar-refractivity contribution in [3.8, 4) is 5.69 Å². The molecule has 5 rings (SSSR count). The Hall–Kier alpha value is -4.08. The Kier molecular flexibility index (Phi) is 7.48. The van der Waals surface area contributed by atoms with E-state index in [0.717, 1.165) is 49.3 Å². The van der Waals surface area contributed by atoms with Crippen LogP contribution in [0.2, 0.25) is 0 Å². The molecule has 38 heavy (non-hydrogen) atoms. The maximum absolute atomic E-state index is 13.2. The van der Waals surface area contributed by atoms with Gasteiger partial charge < -0.3 is 14.8 Å². The van der Waals surface area contributed by atoms with Crippen LogP contribution in [0.3, 0.4) is 0 Å². The number of benzene rings is 2. The second-order valence-corrected chi connectivity index (χ2v) is 9.66. The van der Waals surface area contributed by atoms with Crippen molar-refractivity contribution in [1.82, 2.24) is 24.9 Å². The first-order valence-electron chi connectivity index (χ1n) is 12.9. The van der Waals surface area contributed by atoms with Gasteiger partial charge in [-0.25, -0.2) is 10.5 Å². The topological polar surface area (TPSA) is 101 Å². The molecule has 1 aliphatic rings. The molecule has 9 heteroatoms. The molecule has 2 N–H and O–H groups in total. The summed E-state index contributed by atoms with van der Waals surface area (Å²) in [4.78, 5) is 42.0. The van der Waals surface area contributed by atoms with Crippen LogP contribution in [0, 0.1) is 0 Å². The number of piperidine rings is 1. The molecule has 0 unspecified atom stereocenters. The number of aryl methyl sites for hydroxylation is 1. The highest BCUT2D eigenvalue weighted by molar-refractivity contribution is 5.96. The van der Waals surface area contributed by atoms with Crippen molar-refractivity contribution >= 4 is 28.6 Å². The van der Waals surface area contributed by atoms with Gasteiger partial charge in [-0.15, -0.1) is 0 Å². The first-order valence-corrected chi connectivity index (χ1v) is 12.9. The third-order valence-corrected chi connectivity index (χ3v) is 7.14. The van der Waals surface area contributed by atoms with Gasteiger partial charge >= 0.3 is 0 Å². The summed E-state index contributed by atoms with van der Waals surface area (Å²) >= 11 is 0. The Morgan fingerprint density at radius 3 is 2.61 bits per heavy atom. The Labute approximate surface area is 221 Å². The van der Waals surface area contributed by atoms with Crippen LogP contribution in [0.4, 0.5) is 11.6 Å². The minimum Gasteiger partial charge on any atom is -0.324 e. The van der Waals surface area contributed by atoms with E-state index in [1.165, 1.54) is 25.1 Å². The van der Waals surface area contributed by atoms with Gasteiger partial charge in [0.2, 0.25) is 11.4 Å². The van der Waals surface area contributed by atoms with Crippen molar-refractivity contribution in [2.75, 3.05) is 32.6 Å². The third-order valence-electron chi connectivity index (χ3n) is 7.14. The van der Waals surface area contributed by atoms with E-state index in [0.29, 0.717) is 17.5 Å². The highest BCUT2D eigenvalue weighted by Gasteiger charge is 2.20. The van der Waals surface area contributed by atoms with E-state index in [2.05, 4.69) is 46.8 Å². The number of hydrogen-bond donors (Lipinski definition) is 2. The highest BCUT2D eigenvalue weighted by atomic mass is 16.6. The number of nitrogens with one attached hydrogen (secondary N) is 2. The number of amides is 1. The van der Waals surface area contributed by atoms with Gasteiger partial charge in [0.05, 0.1) is 12.5 Å². The molecule has 0 atom stereocenters. The Morgan fingerprint density at radius 1 is 1.13 bits per heavy atom. The Balaban J connectivity index is 1.51. The fourth-order valence-electron chi connectivity index (χ4n) is 4.91. The van der Waals surface area contributed by atoms with Crippen molar-refractivity contribution in [3.63, 3.8) is 0 Å². The molecule has 1 aliphatic heterocycles. The number of likely N-dealkylation sites (tertiary alicyclic amines) is 1. The third kappa shape index (κ3) is 5.29. The van der Waals surface area contributed by atoms with Gasteiger partial charge in [-0.05, 0) is 80.7 Å². The lowest BCUT2D eigenvalue weighted by Gasteiger charge is -2.29. The van der Waals surface area contributed by atoms with Crippen LogP contribution in [0.5, 0.6) is 0 Å². The normalized spacial score (nSPS) is 14.5. The molecule has 2 aromatic heterocycles. The molecule has 196 valence electrons. The fourth-order valence-corrected chi connectivity index (χ4v) is 4.91. The van der Waals surface area contributed by atoms with Gasteiger partial charge in [-0.1, -0.05) is 31.2 Å². The molecule has 0 aliphatic carbocycles. The summed E-state index contributed by atoms with van der Waals surface area (Å²) in [5.74, 6) is 0.306. The Bertz CT molecular complexity index is 1510. The largest absolute Gasteiger partial charge is 0.324 e. The number of carbonyl (C=O) groups is 1. The molecule has 1 amide bonds. The quantitative estimate of drug-likeness (QED) is 0.358. The van der Waals surface area contributed by atoms with E-state index in [-0.39, 0.29) is 10.9 Å². The Morgan fingerprint density at radius 2 is 1.89 bits per heavy atom. The lowest BCUT2D eigenvalue weighted by atomic mass is 9.89. The molecule has 3 heterocycles. The van der Waals surface area contributed by atoms with E-state index in [4.69, 9.17) is 9.82 Å². The summed E-state index contributed by atoms with van der Waals surface area (Å²) in [5.41, 5.74) is 6.22. The molecule has 1 saturated heterocycles. The molecule has 1 fully saturated rings. The van der Waals surface area contributed by atoms with Gasteiger partial charge in [0.1, 0.15) is 5.56 Å². The van der Waals surface area contributed by atoms with Crippen LogP contribution in [0.1, 0.15) is 47.2 Å². The summed E-state index contributed by atoms with van der Waals surface area (Å²) in [7, 11) is 3.49. The summed E-state index contributed by atoms with van der Waals surface area (Å²) in [6, 6.07) is 16.3. The molecule has 0 saturated carbocycles. The average molecular weight is 513 g/mol. The molecule has 0 spiro atoms. The van der Waals surface area contributed by atoms with Crippen LogP contribution in [0.25, 0.3) is 16.7 Å². The summed E-state index contributed by atoms with van der Waals surface area (Å²) in [6.45, 7) is 4.31. The standard InChI is InChI=1S/C29H32N6O3/c1-4-19-6-5-7-23(16-19)35-18-25(28(37)33-38-3)26(36)24-17-30-29(32-27(24)35)31-22-10-8-20(9-11-22)21-12-14-34(2)15-13-21/h5-11,16-18,21H,4,12-15H2,1-3H3,(H,33,37)(H,30,31,32). The second kappa shape index (κ2) is 11.1. The fraction of sp³-hybridized carbons (Fsp3) is 0.310. The second-order valence-electron chi connectivity index (χ2n) is 9.66. The van der Waals surface area contributed by atoms with Crippen molar-refractivity contribution in [3.05, 3.63) is 87.8 Å². The number of aromatic nitrogens is 3. The van der Waals surface area contributed by atoms with E-state index in [9.17, 15) is 9.59 Å². The number of pyridine rings is 1. The number of nitrogens with zero attached hydrogens (tertiary/aromatic N) is 4. The predicted octanol–water partition coefficient (Wildman–Crippen LogP) is 4.19. The van der Waals surface area contributed by atoms with E-state index >= 15 is 0 Å². The number of anilines is 2. The zero-order valence-electron chi connectivity index (χ0n) is 21.9. The van der Waals surface area contributed by atoms with Crippen LogP contribution in [0.15, 0.2) is 65.7 Å². The minimum absolute atomic E-state index is 0.0601. The number of fused-ring (bicyclic) bond motifs is 1. The molecule has 4 aromatic rings. The molecule has 2 aromatic carbocycles. The molecular formula is C29H32N6O3. The summed E-state index contributed by atoms with van der Waals surface area (Å²) in [5, 5.41) is 3.50. The van der Waals surface area contributed by atoms with Crippen LogP contribution >= 0.6 is 0 Å². The monoisotopic (exact) mass is 512 g/mol. The van der Waals surface area contributed by atoms with E-state index < -0.39 is 11.3 Å². The molecule has 0 bridgehead atoms. The van der Waals surface area contributed by atoms with Gasteiger partial charge in [-0.2, -0.15) is 4.98 Å². The van der Waals surface area contributed by atoms with Crippen molar-refractivity contribution in [1.29, 1.82) is 0 Å². The van der Waals surface area contributed by atoms with Crippen molar-refractivity contribution in [2.24, 2.45) is 0 Å². The summed E-state index contributed by atoms with van der Waals surface area (Å²) < 4.78 is 1.75. The minimum atomic E-state index is -0.633. The van der Waals surface area contributed by atoms with Crippen LogP contribution in [-0.4, -0.2) is 52.6 Å². The van der Waals surface area contributed by atoms with Gasteiger partial charge in [0.25, 0.3) is 5.91 Å². The smallest absolute Gasteiger partial charge is 0.280 e. The van der Waals surface area contributed by atoms with Gasteiger partial charge in [-0.3, -0.25) is 14.4 Å². The zero-order chi connectivity index (χ0) is 26.6. The lowest BCUT2D eigenvalue weighted by molar-refractivity contribution is 0.0536. The zero-order valence-corrected chi connectivity index (χ0v) is 21.9. The SMILES string of the molecule is CCc1cccc(-n2cc(C(=O)NOC)c(=O)c3cnc(Nc4ccc(C5CCN(C)CC5)cc4)nc32)c1. The maximum atomic E-state index is 13.2. The molecule has 9 nitrogen and oxygen atoms in total. The number of carbonyl (C=O) groups excluding carboxylic acids is 1. The predicted molar refractivity (Wildman–Crippen MR) is 148 cm³/mol. The highest BCUT2D eigenvalue weighted by Crippen LogP contribution is 2.29. The van der Waals surface area contributed by atoms with Crippen molar-refractivity contribution < 1.29 is 9.63 Å². The van der Waals surface area contributed by atoms with Gasteiger partial charge in [0, 0.05) is 23.8 Å². The van der Waals surface area contributed by atoms with Crippen LogP contribution in [-0.2, 0) is 11.3 Å². The van der Waals surface area contributed by atoms with E-state index in [1.54, 1.807) is 4.57 Å².